The van der Waals surface area contributed by atoms with Crippen LogP contribution in [0.2, 0.25) is 0 Å². The summed E-state index contributed by atoms with van der Waals surface area (Å²) in [6, 6.07) is 9.79. The molecule has 0 bridgehead atoms. The minimum Gasteiger partial charge on any atom is -0.356 e. The van der Waals surface area contributed by atoms with Gasteiger partial charge >= 0.3 is 0 Å². The minimum absolute atomic E-state index is 0.0398. The van der Waals surface area contributed by atoms with Crippen LogP contribution in [0.25, 0.3) is 0 Å². The van der Waals surface area contributed by atoms with Gasteiger partial charge in [0.05, 0.1) is 5.92 Å². The molecule has 0 saturated carbocycles. The van der Waals surface area contributed by atoms with E-state index in [1.54, 1.807) is 0 Å². The highest BCUT2D eigenvalue weighted by Crippen LogP contribution is 2.18. The summed E-state index contributed by atoms with van der Waals surface area (Å²) in [5.74, 6) is -0.0828. The second kappa shape index (κ2) is 8.29. The first-order chi connectivity index (χ1) is 9.15. The van der Waals surface area contributed by atoms with Crippen LogP contribution < -0.4 is 10.6 Å². The van der Waals surface area contributed by atoms with E-state index in [9.17, 15) is 9.59 Å². The zero-order valence-corrected chi connectivity index (χ0v) is 11.6. The molecule has 0 radical (unpaired) electrons. The SMILES string of the molecule is CCC(C(=O)NCCCNC(C)=O)c1ccccc1. The normalized spacial score (nSPS) is 11.7. The van der Waals surface area contributed by atoms with Gasteiger partial charge in [-0.25, -0.2) is 0 Å². The molecule has 2 amide bonds. The fourth-order valence-electron chi connectivity index (χ4n) is 1.95. The standard InChI is InChI=1S/C15H22N2O2/c1-3-14(13-8-5-4-6-9-13)15(19)17-11-7-10-16-12(2)18/h4-6,8-9,14H,3,7,10-11H2,1-2H3,(H,16,18)(H,17,19). The number of amides is 2. The molecule has 1 aromatic rings. The molecule has 0 aromatic heterocycles. The van der Waals surface area contributed by atoms with Gasteiger partial charge in [0.25, 0.3) is 0 Å². The Bertz CT molecular complexity index is 404. The Morgan fingerprint density at radius 2 is 1.74 bits per heavy atom. The van der Waals surface area contributed by atoms with Crippen molar-refractivity contribution in [1.29, 1.82) is 0 Å². The maximum absolute atomic E-state index is 12.1. The third-order valence-electron chi connectivity index (χ3n) is 2.95. The molecule has 0 aliphatic heterocycles. The van der Waals surface area contributed by atoms with E-state index in [1.165, 1.54) is 6.92 Å². The van der Waals surface area contributed by atoms with E-state index >= 15 is 0 Å². The Balaban J connectivity index is 2.37. The Hall–Kier alpha value is -1.84. The molecule has 0 heterocycles. The smallest absolute Gasteiger partial charge is 0.227 e. The number of benzene rings is 1. The second-order valence-electron chi connectivity index (χ2n) is 4.50. The van der Waals surface area contributed by atoms with Gasteiger partial charge in [0, 0.05) is 20.0 Å². The zero-order valence-electron chi connectivity index (χ0n) is 11.6. The minimum atomic E-state index is -0.0954. The molecule has 104 valence electrons. The quantitative estimate of drug-likeness (QED) is 0.736. The molecule has 4 heteroatoms. The van der Waals surface area contributed by atoms with E-state index in [2.05, 4.69) is 10.6 Å². The van der Waals surface area contributed by atoms with Crippen LogP contribution in [0.5, 0.6) is 0 Å². The van der Waals surface area contributed by atoms with Gasteiger partial charge in [0.15, 0.2) is 0 Å². The highest BCUT2D eigenvalue weighted by Gasteiger charge is 2.17. The van der Waals surface area contributed by atoms with Gasteiger partial charge < -0.3 is 10.6 Å². The van der Waals surface area contributed by atoms with Crippen LogP contribution in [0.3, 0.4) is 0 Å². The lowest BCUT2D eigenvalue weighted by Crippen LogP contribution is -2.32. The highest BCUT2D eigenvalue weighted by molar-refractivity contribution is 5.83. The molecule has 1 atom stereocenters. The molecule has 1 aromatic carbocycles. The molecule has 1 rings (SSSR count). The van der Waals surface area contributed by atoms with E-state index in [1.807, 2.05) is 37.3 Å². The summed E-state index contributed by atoms with van der Waals surface area (Å²) in [6.07, 6.45) is 1.53. The fourth-order valence-corrected chi connectivity index (χ4v) is 1.95. The topological polar surface area (TPSA) is 58.2 Å². The van der Waals surface area contributed by atoms with Crippen molar-refractivity contribution >= 4 is 11.8 Å². The second-order valence-corrected chi connectivity index (χ2v) is 4.50. The van der Waals surface area contributed by atoms with Gasteiger partial charge in [-0.1, -0.05) is 37.3 Å². The predicted molar refractivity (Wildman–Crippen MR) is 75.8 cm³/mol. The van der Waals surface area contributed by atoms with Crippen LogP contribution in [0.4, 0.5) is 0 Å². The number of nitrogens with one attached hydrogen (secondary N) is 2. The molecule has 0 fully saturated rings. The van der Waals surface area contributed by atoms with Crippen LogP contribution in [-0.2, 0) is 9.59 Å². The molecule has 1 unspecified atom stereocenters. The average Bonchev–Trinajstić information content (AvgIpc) is 2.40. The average molecular weight is 262 g/mol. The third-order valence-corrected chi connectivity index (χ3v) is 2.95. The summed E-state index contributed by atoms with van der Waals surface area (Å²) in [5, 5.41) is 5.62. The van der Waals surface area contributed by atoms with E-state index in [4.69, 9.17) is 0 Å². The van der Waals surface area contributed by atoms with Crippen molar-refractivity contribution in [1.82, 2.24) is 10.6 Å². The van der Waals surface area contributed by atoms with Gasteiger partial charge in [-0.2, -0.15) is 0 Å². The molecule has 19 heavy (non-hydrogen) atoms. The molecule has 0 spiro atoms. The molecule has 0 saturated heterocycles. The Morgan fingerprint density at radius 3 is 2.32 bits per heavy atom. The summed E-state index contributed by atoms with van der Waals surface area (Å²) in [7, 11) is 0. The van der Waals surface area contributed by atoms with Crippen molar-refractivity contribution in [2.24, 2.45) is 0 Å². The van der Waals surface area contributed by atoms with Gasteiger partial charge in [-0.15, -0.1) is 0 Å². The van der Waals surface area contributed by atoms with Crippen LogP contribution in [-0.4, -0.2) is 24.9 Å². The zero-order chi connectivity index (χ0) is 14.1. The van der Waals surface area contributed by atoms with Crippen LogP contribution in [0.15, 0.2) is 30.3 Å². The Kier molecular flexibility index (Phi) is 6.64. The lowest BCUT2D eigenvalue weighted by Gasteiger charge is -2.15. The maximum Gasteiger partial charge on any atom is 0.227 e. The number of hydrogen-bond donors (Lipinski definition) is 2. The lowest BCUT2D eigenvalue weighted by atomic mass is 9.96. The van der Waals surface area contributed by atoms with Crippen LogP contribution in [0.1, 0.15) is 38.2 Å². The van der Waals surface area contributed by atoms with E-state index < -0.39 is 0 Å². The largest absolute Gasteiger partial charge is 0.356 e. The maximum atomic E-state index is 12.1. The first-order valence-corrected chi connectivity index (χ1v) is 6.72. The molecular formula is C15H22N2O2. The molecule has 0 aliphatic rings. The summed E-state index contributed by atoms with van der Waals surface area (Å²) >= 11 is 0. The summed E-state index contributed by atoms with van der Waals surface area (Å²) < 4.78 is 0. The fraction of sp³-hybridized carbons (Fsp3) is 0.467. The van der Waals surface area contributed by atoms with Crippen molar-refractivity contribution in [3.63, 3.8) is 0 Å². The predicted octanol–water partition coefficient (Wildman–Crippen LogP) is 1.82. The van der Waals surface area contributed by atoms with Gasteiger partial charge in [0.2, 0.25) is 11.8 Å². The van der Waals surface area contributed by atoms with Gasteiger partial charge in [-0.3, -0.25) is 9.59 Å². The molecule has 2 N–H and O–H groups in total. The monoisotopic (exact) mass is 262 g/mol. The van der Waals surface area contributed by atoms with Crippen molar-refractivity contribution in [3.8, 4) is 0 Å². The molecular weight excluding hydrogens is 240 g/mol. The number of carbonyl (C=O) groups is 2. The Morgan fingerprint density at radius 1 is 1.11 bits per heavy atom. The first kappa shape index (κ1) is 15.2. The van der Waals surface area contributed by atoms with Gasteiger partial charge in [0.1, 0.15) is 0 Å². The first-order valence-electron chi connectivity index (χ1n) is 6.72. The lowest BCUT2D eigenvalue weighted by molar-refractivity contribution is -0.122. The number of hydrogen-bond acceptors (Lipinski definition) is 2. The van der Waals surface area contributed by atoms with Crippen molar-refractivity contribution < 1.29 is 9.59 Å². The van der Waals surface area contributed by atoms with Crippen molar-refractivity contribution in [2.45, 2.75) is 32.6 Å². The van der Waals surface area contributed by atoms with Crippen LogP contribution >= 0.6 is 0 Å². The summed E-state index contributed by atoms with van der Waals surface area (Å²) in [5.41, 5.74) is 1.05. The van der Waals surface area contributed by atoms with Gasteiger partial charge in [-0.05, 0) is 18.4 Å². The molecule has 0 aliphatic carbocycles. The highest BCUT2D eigenvalue weighted by atomic mass is 16.2. The van der Waals surface area contributed by atoms with E-state index in [0.29, 0.717) is 13.1 Å². The number of carbonyl (C=O) groups excluding carboxylic acids is 2. The molecule has 4 nitrogen and oxygen atoms in total. The number of rotatable bonds is 7. The summed E-state index contributed by atoms with van der Waals surface area (Å²) in [4.78, 5) is 22.8. The van der Waals surface area contributed by atoms with Crippen molar-refractivity contribution in [3.05, 3.63) is 35.9 Å². The van der Waals surface area contributed by atoms with Crippen LogP contribution in [0, 0.1) is 0 Å². The summed E-state index contributed by atoms with van der Waals surface area (Å²) in [6.45, 7) is 4.68. The van der Waals surface area contributed by atoms with E-state index in [0.717, 1.165) is 18.4 Å². The van der Waals surface area contributed by atoms with E-state index in [-0.39, 0.29) is 17.7 Å². The Labute approximate surface area is 114 Å². The third kappa shape index (κ3) is 5.55. The van der Waals surface area contributed by atoms with Crippen molar-refractivity contribution in [2.75, 3.05) is 13.1 Å².